The Bertz CT molecular complexity index is 632. The van der Waals surface area contributed by atoms with Crippen molar-refractivity contribution in [3.8, 4) is 0 Å². The summed E-state index contributed by atoms with van der Waals surface area (Å²) in [4.78, 5) is 1.30. The molecule has 2 aromatic rings. The van der Waals surface area contributed by atoms with Crippen molar-refractivity contribution in [3.05, 3.63) is 64.4 Å². The number of fused-ring (bicyclic) bond motifs is 1. The van der Waals surface area contributed by atoms with Crippen LogP contribution in [0.15, 0.2) is 47.4 Å². The molecule has 21 heavy (non-hydrogen) atoms. The number of hydrogen-bond donors (Lipinski definition) is 1. The van der Waals surface area contributed by atoms with E-state index in [2.05, 4.69) is 11.4 Å². The highest BCUT2D eigenvalue weighted by molar-refractivity contribution is 7.99. The largest absolute Gasteiger partial charge is 0.310 e. The molecule has 0 amide bonds. The molecule has 0 saturated carbocycles. The standard InChI is InChI=1S/C17H17ClFNS/c18-13-5-6-17-14(11-13)16(8-10-21-17)20-9-7-12-3-1-2-4-15(12)19/h1-6,11,16,20H,7-10H2. The molecule has 1 nitrogen and oxygen atoms in total. The van der Waals surface area contributed by atoms with Crippen molar-refractivity contribution in [2.24, 2.45) is 0 Å². The second-order valence-electron chi connectivity index (χ2n) is 5.17. The fraction of sp³-hybridized carbons (Fsp3) is 0.294. The monoisotopic (exact) mass is 321 g/mol. The van der Waals surface area contributed by atoms with Crippen molar-refractivity contribution in [2.75, 3.05) is 12.3 Å². The molecule has 1 unspecified atom stereocenters. The highest BCUT2D eigenvalue weighted by atomic mass is 35.5. The average Bonchev–Trinajstić information content (AvgIpc) is 2.49. The van der Waals surface area contributed by atoms with Crippen molar-refractivity contribution in [1.82, 2.24) is 5.32 Å². The Hall–Kier alpha value is -1.03. The van der Waals surface area contributed by atoms with Gasteiger partial charge >= 0.3 is 0 Å². The summed E-state index contributed by atoms with van der Waals surface area (Å²) >= 11 is 7.98. The lowest BCUT2D eigenvalue weighted by Crippen LogP contribution is -2.26. The summed E-state index contributed by atoms with van der Waals surface area (Å²) in [5, 5.41) is 4.32. The predicted molar refractivity (Wildman–Crippen MR) is 87.6 cm³/mol. The van der Waals surface area contributed by atoms with Crippen molar-refractivity contribution in [2.45, 2.75) is 23.8 Å². The maximum Gasteiger partial charge on any atom is 0.126 e. The molecule has 1 aliphatic heterocycles. The van der Waals surface area contributed by atoms with E-state index in [9.17, 15) is 4.39 Å². The van der Waals surface area contributed by atoms with Gasteiger partial charge in [0.1, 0.15) is 5.82 Å². The molecule has 1 atom stereocenters. The van der Waals surface area contributed by atoms with E-state index >= 15 is 0 Å². The molecule has 0 spiro atoms. The van der Waals surface area contributed by atoms with E-state index < -0.39 is 0 Å². The zero-order valence-corrected chi connectivity index (χ0v) is 13.2. The molecule has 0 bridgehead atoms. The second kappa shape index (κ2) is 6.82. The second-order valence-corrected chi connectivity index (χ2v) is 6.74. The normalized spacial score (nSPS) is 17.5. The molecule has 1 aliphatic rings. The van der Waals surface area contributed by atoms with Crippen molar-refractivity contribution in [1.29, 1.82) is 0 Å². The number of hydrogen-bond acceptors (Lipinski definition) is 2. The maximum atomic E-state index is 13.6. The van der Waals surface area contributed by atoms with Gasteiger partial charge in [0.2, 0.25) is 0 Å². The molecule has 0 aliphatic carbocycles. The van der Waals surface area contributed by atoms with Gasteiger partial charge < -0.3 is 5.32 Å². The van der Waals surface area contributed by atoms with Crippen LogP contribution < -0.4 is 5.32 Å². The van der Waals surface area contributed by atoms with Crippen LogP contribution in [0.1, 0.15) is 23.6 Å². The molecular formula is C17H17ClFNS. The fourth-order valence-electron chi connectivity index (χ4n) is 2.66. The molecule has 3 rings (SSSR count). The molecule has 0 saturated heterocycles. The van der Waals surface area contributed by atoms with Crippen molar-refractivity contribution in [3.63, 3.8) is 0 Å². The van der Waals surface area contributed by atoms with Crippen LogP contribution in [0.25, 0.3) is 0 Å². The summed E-state index contributed by atoms with van der Waals surface area (Å²) in [5.74, 6) is 0.980. The Kier molecular flexibility index (Phi) is 4.84. The summed E-state index contributed by atoms with van der Waals surface area (Å²) in [6.07, 6.45) is 1.78. The first-order valence-electron chi connectivity index (χ1n) is 7.13. The van der Waals surface area contributed by atoms with Gasteiger partial charge in [-0.1, -0.05) is 29.8 Å². The summed E-state index contributed by atoms with van der Waals surface area (Å²) in [6, 6.07) is 13.4. The van der Waals surface area contributed by atoms with Gasteiger partial charge in [-0.05, 0) is 60.5 Å². The SMILES string of the molecule is Fc1ccccc1CCNC1CCSc2ccc(Cl)cc21. The van der Waals surface area contributed by atoms with E-state index in [4.69, 9.17) is 11.6 Å². The molecule has 2 aromatic carbocycles. The van der Waals surface area contributed by atoms with Crippen LogP contribution in [0.5, 0.6) is 0 Å². The zero-order chi connectivity index (χ0) is 14.7. The van der Waals surface area contributed by atoms with Crippen LogP contribution >= 0.6 is 23.4 Å². The molecular weight excluding hydrogens is 305 g/mol. The Labute approximate surface area is 133 Å². The third-order valence-electron chi connectivity index (χ3n) is 3.75. The Balaban J connectivity index is 1.65. The average molecular weight is 322 g/mol. The van der Waals surface area contributed by atoms with E-state index in [0.717, 1.165) is 29.3 Å². The van der Waals surface area contributed by atoms with E-state index in [1.54, 1.807) is 6.07 Å². The van der Waals surface area contributed by atoms with Gasteiger partial charge in [0, 0.05) is 16.0 Å². The van der Waals surface area contributed by atoms with Gasteiger partial charge in [0.05, 0.1) is 0 Å². The van der Waals surface area contributed by atoms with E-state index in [1.165, 1.54) is 16.5 Å². The third-order valence-corrected chi connectivity index (χ3v) is 5.11. The molecule has 0 fully saturated rings. The van der Waals surface area contributed by atoms with Gasteiger partial charge in [-0.25, -0.2) is 4.39 Å². The molecule has 1 heterocycles. The first-order valence-corrected chi connectivity index (χ1v) is 8.49. The van der Waals surface area contributed by atoms with Gasteiger partial charge in [0.15, 0.2) is 0 Å². The van der Waals surface area contributed by atoms with Gasteiger partial charge in [-0.3, -0.25) is 0 Å². The lowest BCUT2D eigenvalue weighted by atomic mass is 10.0. The first kappa shape index (κ1) is 14.9. The Morgan fingerprint density at radius 2 is 2.10 bits per heavy atom. The minimum absolute atomic E-state index is 0.123. The predicted octanol–water partition coefficient (Wildman–Crippen LogP) is 4.85. The number of rotatable bonds is 4. The highest BCUT2D eigenvalue weighted by Gasteiger charge is 2.20. The molecule has 110 valence electrons. The lowest BCUT2D eigenvalue weighted by Gasteiger charge is -2.26. The first-order chi connectivity index (χ1) is 10.2. The quantitative estimate of drug-likeness (QED) is 0.864. The highest BCUT2D eigenvalue weighted by Crippen LogP contribution is 2.37. The van der Waals surface area contributed by atoms with Crippen LogP contribution in [0, 0.1) is 5.82 Å². The van der Waals surface area contributed by atoms with Gasteiger partial charge in [0.25, 0.3) is 0 Å². The number of benzene rings is 2. The van der Waals surface area contributed by atoms with Crippen molar-refractivity contribution < 1.29 is 4.39 Å². The van der Waals surface area contributed by atoms with Gasteiger partial charge in [-0.15, -0.1) is 11.8 Å². The van der Waals surface area contributed by atoms with Crippen LogP contribution in [-0.2, 0) is 6.42 Å². The smallest absolute Gasteiger partial charge is 0.126 e. The minimum Gasteiger partial charge on any atom is -0.310 e. The Morgan fingerprint density at radius 1 is 1.24 bits per heavy atom. The van der Waals surface area contributed by atoms with E-state index in [1.807, 2.05) is 36.0 Å². The summed E-state index contributed by atoms with van der Waals surface area (Å²) < 4.78 is 13.6. The fourth-order valence-corrected chi connectivity index (χ4v) is 3.95. The van der Waals surface area contributed by atoms with E-state index in [-0.39, 0.29) is 5.82 Å². The zero-order valence-electron chi connectivity index (χ0n) is 11.6. The third kappa shape index (κ3) is 3.60. The topological polar surface area (TPSA) is 12.0 Å². The maximum absolute atomic E-state index is 13.6. The minimum atomic E-state index is -0.123. The van der Waals surface area contributed by atoms with Crippen molar-refractivity contribution >= 4 is 23.4 Å². The molecule has 1 N–H and O–H groups in total. The summed E-state index contributed by atoms with van der Waals surface area (Å²) in [6.45, 7) is 0.766. The Morgan fingerprint density at radius 3 is 2.95 bits per heavy atom. The van der Waals surface area contributed by atoms with Crippen LogP contribution in [0.3, 0.4) is 0 Å². The van der Waals surface area contributed by atoms with Crippen LogP contribution in [-0.4, -0.2) is 12.3 Å². The summed E-state index contributed by atoms with van der Waals surface area (Å²) in [5.41, 5.74) is 2.04. The molecule has 0 radical (unpaired) electrons. The number of thioether (sulfide) groups is 1. The molecule has 4 heteroatoms. The summed E-state index contributed by atoms with van der Waals surface area (Å²) in [7, 11) is 0. The lowest BCUT2D eigenvalue weighted by molar-refractivity contribution is 0.508. The van der Waals surface area contributed by atoms with E-state index in [0.29, 0.717) is 12.5 Å². The molecule has 0 aromatic heterocycles. The number of nitrogens with one attached hydrogen (secondary N) is 1. The van der Waals surface area contributed by atoms with Crippen LogP contribution in [0.2, 0.25) is 5.02 Å². The van der Waals surface area contributed by atoms with Crippen LogP contribution in [0.4, 0.5) is 4.39 Å². The van der Waals surface area contributed by atoms with Gasteiger partial charge in [-0.2, -0.15) is 0 Å². The number of halogens is 2.